The van der Waals surface area contributed by atoms with Crippen LogP contribution in [0.25, 0.3) is 0 Å². The molecule has 1 saturated carbocycles. The Kier molecular flexibility index (Phi) is 5.22. The van der Waals surface area contributed by atoms with Crippen LogP contribution < -0.4 is 5.32 Å². The quantitative estimate of drug-likeness (QED) is 0.776. The zero-order valence-corrected chi connectivity index (χ0v) is 15.7. The van der Waals surface area contributed by atoms with E-state index in [1.807, 2.05) is 30.3 Å². The molecule has 1 heterocycles. The second kappa shape index (κ2) is 7.39. The maximum atomic E-state index is 12.4. The Hall–Kier alpha value is -2.15. The van der Waals surface area contributed by atoms with Gasteiger partial charge in [-0.3, -0.25) is 14.3 Å². The first-order valence-electron chi connectivity index (χ1n) is 8.16. The molecule has 1 amide bonds. The van der Waals surface area contributed by atoms with Crippen molar-refractivity contribution in [3.63, 3.8) is 0 Å². The summed E-state index contributed by atoms with van der Waals surface area (Å²) in [6, 6.07) is 9.59. The summed E-state index contributed by atoms with van der Waals surface area (Å²) in [5.74, 6) is -0.515. The molecule has 1 aromatic carbocycles. The highest BCUT2D eigenvalue weighted by Crippen LogP contribution is 2.30. The van der Waals surface area contributed by atoms with Gasteiger partial charge in [0.1, 0.15) is 11.2 Å². The normalized spacial score (nSPS) is 19.2. The zero-order valence-electron chi connectivity index (χ0n) is 14.2. The molecular weight excluding hydrogens is 386 g/mol. The van der Waals surface area contributed by atoms with E-state index < -0.39 is 0 Å². The molecule has 0 radical (unpaired) electrons. The van der Waals surface area contributed by atoms with Crippen molar-refractivity contribution >= 4 is 27.8 Å². The maximum Gasteiger partial charge on any atom is 0.309 e. The summed E-state index contributed by atoms with van der Waals surface area (Å²) in [6.45, 7) is 2.08. The number of aryl methyl sites for hydroxylation is 2. The van der Waals surface area contributed by atoms with Crippen LogP contribution in [0.1, 0.15) is 34.5 Å². The number of nitrogens with one attached hydrogen (secondary N) is 1. The molecule has 6 nitrogen and oxygen atoms in total. The fourth-order valence-corrected chi connectivity index (χ4v) is 3.47. The molecule has 0 bridgehead atoms. The summed E-state index contributed by atoms with van der Waals surface area (Å²) in [4.78, 5) is 24.4. The first-order valence-corrected chi connectivity index (χ1v) is 8.95. The number of benzene rings is 1. The first kappa shape index (κ1) is 17.7. The SMILES string of the molecule is Cc1nn(C)c(Br)c1C(=O)NC1CC(C(=O)OCc2ccccc2)C1. The van der Waals surface area contributed by atoms with Crippen LogP contribution >= 0.6 is 15.9 Å². The summed E-state index contributed by atoms with van der Waals surface area (Å²) in [5, 5.41) is 7.17. The molecule has 3 rings (SSSR count). The Morgan fingerprint density at radius 1 is 1.32 bits per heavy atom. The number of carbonyl (C=O) groups excluding carboxylic acids is 2. The van der Waals surface area contributed by atoms with E-state index in [1.165, 1.54) is 0 Å². The molecule has 0 saturated heterocycles. The lowest BCUT2D eigenvalue weighted by atomic mass is 9.80. The zero-order chi connectivity index (χ0) is 18.0. The largest absolute Gasteiger partial charge is 0.461 e. The molecule has 0 spiro atoms. The smallest absolute Gasteiger partial charge is 0.309 e. The van der Waals surface area contributed by atoms with Crippen molar-refractivity contribution in [2.75, 3.05) is 0 Å². The van der Waals surface area contributed by atoms with Gasteiger partial charge in [0.15, 0.2) is 0 Å². The highest BCUT2D eigenvalue weighted by molar-refractivity contribution is 9.10. The van der Waals surface area contributed by atoms with Gasteiger partial charge >= 0.3 is 5.97 Å². The molecule has 1 aliphatic rings. The molecule has 1 N–H and O–H groups in total. The Labute approximate surface area is 154 Å². The van der Waals surface area contributed by atoms with E-state index in [1.54, 1.807) is 18.7 Å². The van der Waals surface area contributed by atoms with Gasteiger partial charge in [-0.2, -0.15) is 5.10 Å². The number of carbonyl (C=O) groups is 2. The summed E-state index contributed by atoms with van der Waals surface area (Å²) in [6.07, 6.45) is 1.21. The number of hydrogen-bond acceptors (Lipinski definition) is 4. The molecule has 25 heavy (non-hydrogen) atoms. The number of halogens is 1. The van der Waals surface area contributed by atoms with Gasteiger partial charge in [-0.25, -0.2) is 0 Å². The molecule has 0 aliphatic heterocycles. The summed E-state index contributed by atoms with van der Waals surface area (Å²) >= 11 is 3.37. The number of ether oxygens (including phenoxy) is 1. The van der Waals surface area contributed by atoms with Gasteiger partial charge in [-0.15, -0.1) is 0 Å². The maximum absolute atomic E-state index is 12.4. The van der Waals surface area contributed by atoms with E-state index in [-0.39, 0.29) is 30.4 Å². The van der Waals surface area contributed by atoms with E-state index in [9.17, 15) is 9.59 Å². The van der Waals surface area contributed by atoms with Gasteiger partial charge in [0.25, 0.3) is 5.91 Å². The van der Waals surface area contributed by atoms with Crippen molar-refractivity contribution in [3.8, 4) is 0 Å². The minimum atomic E-state index is -0.201. The Morgan fingerprint density at radius 2 is 2.00 bits per heavy atom. The van der Waals surface area contributed by atoms with Gasteiger partial charge in [0.05, 0.1) is 17.2 Å². The Balaban J connectivity index is 1.46. The van der Waals surface area contributed by atoms with E-state index in [0.717, 1.165) is 5.56 Å². The molecule has 0 unspecified atom stereocenters. The highest BCUT2D eigenvalue weighted by Gasteiger charge is 2.37. The second-order valence-corrected chi connectivity index (χ2v) is 7.06. The Bertz CT molecular complexity index is 782. The molecule has 1 aromatic heterocycles. The van der Waals surface area contributed by atoms with Crippen molar-refractivity contribution in [2.24, 2.45) is 13.0 Å². The van der Waals surface area contributed by atoms with E-state index in [4.69, 9.17) is 4.74 Å². The lowest BCUT2D eigenvalue weighted by Crippen LogP contribution is -2.47. The van der Waals surface area contributed by atoms with E-state index in [0.29, 0.717) is 28.7 Å². The van der Waals surface area contributed by atoms with Gasteiger partial charge in [0.2, 0.25) is 0 Å². The highest BCUT2D eigenvalue weighted by atomic mass is 79.9. The van der Waals surface area contributed by atoms with Gasteiger partial charge in [0, 0.05) is 13.1 Å². The third-order valence-electron chi connectivity index (χ3n) is 4.41. The van der Waals surface area contributed by atoms with Crippen LogP contribution in [-0.4, -0.2) is 27.7 Å². The fraction of sp³-hybridized carbons (Fsp3) is 0.389. The lowest BCUT2D eigenvalue weighted by Gasteiger charge is -2.34. The van der Waals surface area contributed by atoms with Crippen molar-refractivity contribution in [3.05, 3.63) is 51.8 Å². The third kappa shape index (κ3) is 3.92. The second-order valence-electron chi connectivity index (χ2n) is 6.31. The summed E-state index contributed by atoms with van der Waals surface area (Å²) in [5.41, 5.74) is 2.18. The van der Waals surface area contributed by atoms with Crippen LogP contribution in [0.2, 0.25) is 0 Å². The standard InChI is InChI=1S/C18H20BrN3O3/c1-11-15(16(19)22(2)21-11)17(23)20-14-8-13(9-14)18(24)25-10-12-6-4-3-5-7-12/h3-7,13-14H,8-10H2,1-2H3,(H,20,23). The van der Waals surface area contributed by atoms with Crippen LogP contribution in [0, 0.1) is 12.8 Å². The van der Waals surface area contributed by atoms with Gasteiger partial charge in [-0.05, 0) is 41.3 Å². The van der Waals surface area contributed by atoms with E-state index >= 15 is 0 Å². The van der Waals surface area contributed by atoms with Crippen LogP contribution in [0.5, 0.6) is 0 Å². The number of rotatable bonds is 5. The molecule has 1 aliphatic carbocycles. The van der Waals surface area contributed by atoms with Crippen LogP contribution in [0.15, 0.2) is 34.9 Å². The average molecular weight is 406 g/mol. The van der Waals surface area contributed by atoms with Crippen LogP contribution in [-0.2, 0) is 23.2 Å². The van der Waals surface area contributed by atoms with Crippen molar-refractivity contribution < 1.29 is 14.3 Å². The number of hydrogen-bond donors (Lipinski definition) is 1. The number of esters is 1. The minimum Gasteiger partial charge on any atom is -0.461 e. The molecule has 132 valence electrons. The topological polar surface area (TPSA) is 73.2 Å². The minimum absolute atomic E-state index is 0.00622. The molecule has 0 atom stereocenters. The fourth-order valence-electron chi connectivity index (χ4n) is 2.92. The van der Waals surface area contributed by atoms with Crippen LogP contribution in [0.4, 0.5) is 0 Å². The monoisotopic (exact) mass is 405 g/mol. The molecule has 2 aromatic rings. The third-order valence-corrected chi connectivity index (χ3v) is 5.32. The first-order chi connectivity index (χ1) is 12.0. The van der Waals surface area contributed by atoms with Crippen LogP contribution in [0.3, 0.4) is 0 Å². The molecule has 7 heteroatoms. The summed E-state index contributed by atoms with van der Waals surface area (Å²) in [7, 11) is 1.77. The Morgan fingerprint density at radius 3 is 2.60 bits per heavy atom. The number of nitrogens with zero attached hydrogens (tertiary/aromatic N) is 2. The average Bonchev–Trinajstić information content (AvgIpc) is 2.81. The lowest BCUT2D eigenvalue weighted by molar-refractivity contribution is -0.153. The number of aromatic nitrogens is 2. The molecule has 1 fully saturated rings. The molecular formula is C18H20BrN3O3. The predicted octanol–water partition coefficient (Wildman–Crippen LogP) is 2.74. The van der Waals surface area contributed by atoms with Crippen molar-refractivity contribution in [1.82, 2.24) is 15.1 Å². The van der Waals surface area contributed by atoms with Crippen molar-refractivity contribution in [2.45, 2.75) is 32.4 Å². The predicted molar refractivity (Wildman–Crippen MR) is 95.9 cm³/mol. The van der Waals surface area contributed by atoms with Crippen molar-refractivity contribution in [1.29, 1.82) is 0 Å². The van der Waals surface area contributed by atoms with E-state index in [2.05, 4.69) is 26.3 Å². The van der Waals surface area contributed by atoms with Gasteiger partial charge in [-0.1, -0.05) is 30.3 Å². The summed E-state index contributed by atoms with van der Waals surface area (Å²) < 4.78 is 7.61. The number of amides is 1. The van der Waals surface area contributed by atoms with Gasteiger partial charge < -0.3 is 10.1 Å².